The summed E-state index contributed by atoms with van der Waals surface area (Å²) in [6.07, 6.45) is 3.60. The summed E-state index contributed by atoms with van der Waals surface area (Å²) in [6, 6.07) is 6.17. The average molecular weight is 379 g/mol. The summed E-state index contributed by atoms with van der Waals surface area (Å²) < 4.78 is 3.23. The second kappa shape index (κ2) is 6.47. The summed E-state index contributed by atoms with van der Waals surface area (Å²) in [5.41, 5.74) is 2.07. The molecule has 2 bridgehead atoms. The number of piperidine rings is 1. The Balaban J connectivity index is 1.44. The predicted octanol–water partition coefficient (Wildman–Crippen LogP) is 0.236. The molecule has 2 aliphatic heterocycles. The highest BCUT2D eigenvalue weighted by atomic mass is 16.3. The third-order valence-electron chi connectivity index (χ3n) is 5.44. The van der Waals surface area contributed by atoms with Crippen molar-refractivity contribution in [2.75, 3.05) is 29.9 Å². The summed E-state index contributed by atoms with van der Waals surface area (Å²) in [4.78, 5) is 6.73. The lowest BCUT2D eigenvalue weighted by Crippen LogP contribution is -2.42. The fourth-order valence-corrected chi connectivity index (χ4v) is 4.16. The molecular formula is C18H21N9O. The number of rotatable bonds is 4. The lowest BCUT2D eigenvalue weighted by molar-refractivity contribution is 0.201. The first kappa shape index (κ1) is 17.0. The van der Waals surface area contributed by atoms with Crippen LogP contribution in [-0.2, 0) is 7.05 Å². The van der Waals surface area contributed by atoms with Crippen LogP contribution in [0.25, 0.3) is 5.52 Å². The second-order valence-corrected chi connectivity index (χ2v) is 7.49. The minimum atomic E-state index is -1.04. The normalized spacial score (nSPS) is 22.4. The van der Waals surface area contributed by atoms with E-state index in [4.69, 9.17) is 0 Å². The van der Waals surface area contributed by atoms with Gasteiger partial charge < -0.3 is 20.6 Å². The Hall–Kier alpha value is -3.16. The molecule has 2 fully saturated rings. The van der Waals surface area contributed by atoms with E-state index in [-0.39, 0.29) is 5.69 Å². The summed E-state index contributed by atoms with van der Waals surface area (Å²) in [5.74, 6) is 1.29. The van der Waals surface area contributed by atoms with Gasteiger partial charge in [-0.2, -0.15) is 10.4 Å². The van der Waals surface area contributed by atoms with E-state index < -0.39 is 6.23 Å². The molecule has 5 heterocycles. The third-order valence-corrected chi connectivity index (χ3v) is 5.44. The average Bonchev–Trinajstić information content (AvgIpc) is 3.37. The first-order chi connectivity index (χ1) is 13.6. The molecule has 0 saturated carbocycles. The van der Waals surface area contributed by atoms with E-state index in [2.05, 4.69) is 30.7 Å². The van der Waals surface area contributed by atoms with Gasteiger partial charge >= 0.3 is 0 Å². The zero-order chi connectivity index (χ0) is 19.3. The number of hydrogen-bond donors (Lipinski definition) is 3. The van der Waals surface area contributed by atoms with Gasteiger partial charge in [0.2, 0.25) is 5.95 Å². The van der Waals surface area contributed by atoms with Crippen LogP contribution in [0.5, 0.6) is 0 Å². The number of aromatic nitrogens is 5. The van der Waals surface area contributed by atoms with Crippen LogP contribution in [-0.4, -0.2) is 55.2 Å². The Labute approximate surface area is 161 Å². The topological polar surface area (TPSA) is 119 Å². The Morgan fingerprint density at radius 3 is 3.07 bits per heavy atom. The van der Waals surface area contributed by atoms with Crippen molar-refractivity contribution in [3.63, 3.8) is 0 Å². The molecule has 0 amide bonds. The number of nitrogens with one attached hydrogen (secondary N) is 2. The van der Waals surface area contributed by atoms with Gasteiger partial charge in [0.05, 0.1) is 23.1 Å². The van der Waals surface area contributed by atoms with Gasteiger partial charge in [0, 0.05) is 38.9 Å². The highest BCUT2D eigenvalue weighted by Gasteiger charge is 2.33. The van der Waals surface area contributed by atoms with Gasteiger partial charge in [-0.05, 0) is 24.5 Å². The maximum atomic E-state index is 10.7. The lowest BCUT2D eigenvalue weighted by Gasteiger charge is -2.31. The molecule has 10 heteroatoms. The van der Waals surface area contributed by atoms with Gasteiger partial charge in [-0.25, -0.2) is 9.50 Å². The Kier molecular flexibility index (Phi) is 3.92. The zero-order valence-corrected chi connectivity index (χ0v) is 15.4. The molecule has 3 aromatic heterocycles. The molecule has 2 aliphatic rings. The maximum absolute atomic E-state index is 10.7. The Morgan fingerprint density at radius 2 is 2.25 bits per heavy atom. The highest BCUT2D eigenvalue weighted by molar-refractivity contribution is 5.54. The predicted molar refractivity (Wildman–Crippen MR) is 102 cm³/mol. The summed E-state index contributed by atoms with van der Waals surface area (Å²) in [5, 5.41) is 35.1. The summed E-state index contributed by atoms with van der Waals surface area (Å²) in [7, 11) is 1.73. The first-order valence-corrected chi connectivity index (χ1v) is 9.32. The van der Waals surface area contributed by atoms with Crippen LogP contribution >= 0.6 is 0 Å². The van der Waals surface area contributed by atoms with Gasteiger partial charge in [-0.1, -0.05) is 0 Å². The number of anilines is 2. The third kappa shape index (κ3) is 2.85. The number of nitrogens with zero attached hydrogens (tertiary/aromatic N) is 7. The fraction of sp³-hybridized carbons (Fsp3) is 0.444. The maximum Gasteiger partial charge on any atom is 0.243 e. The summed E-state index contributed by atoms with van der Waals surface area (Å²) in [6.45, 7) is 2.88. The van der Waals surface area contributed by atoms with Crippen molar-refractivity contribution in [3.05, 3.63) is 35.9 Å². The van der Waals surface area contributed by atoms with Gasteiger partial charge in [-0.15, -0.1) is 5.10 Å². The second-order valence-electron chi connectivity index (χ2n) is 7.49. The van der Waals surface area contributed by atoms with E-state index in [0.717, 1.165) is 25.2 Å². The van der Waals surface area contributed by atoms with E-state index in [9.17, 15) is 10.4 Å². The number of aliphatic hydroxyl groups excluding tert-OH is 1. The van der Waals surface area contributed by atoms with Crippen molar-refractivity contribution in [2.45, 2.75) is 18.7 Å². The van der Waals surface area contributed by atoms with Crippen LogP contribution in [0, 0.1) is 17.2 Å². The molecule has 1 unspecified atom stereocenters. The zero-order valence-electron chi connectivity index (χ0n) is 15.4. The van der Waals surface area contributed by atoms with E-state index >= 15 is 0 Å². The molecule has 5 rings (SSSR count). The van der Waals surface area contributed by atoms with Gasteiger partial charge in [0.1, 0.15) is 6.07 Å². The number of hydrogen-bond acceptors (Lipinski definition) is 8. The summed E-state index contributed by atoms with van der Waals surface area (Å²) >= 11 is 0. The van der Waals surface area contributed by atoms with Crippen molar-refractivity contribution in [3.8, 4) is 6.07 Å². The molecule has 28 heavy (non-hydrogen) atoms. The van der Waals surface area contributed by atoms with E-state index in [1.807, 2.05) is 12.1 Å². The molecule has 3 N–H and O–H groups in total. The molecule has 0 spiro atoms. The molecule has 144 valence electrons. The van der Waals surface area contributed by atoms with Crippen LogP contribution in [0.15, 0.2) is 24.5 Å². The number of aryl methyl sites for hydroxylation is 1. The van der Waals surface area contributed by atoms with Crippen molar-refractivity contribution < 1.29 is 5.11 Å². The van der Waals surface area contributed by atoms with Crippen LogP contribution < -0.4 is 15.5 Å². The highest BCUT2D eigenvalue weighted by Crippen LogP contribution is 2.26. The smallest absolute Gasteiger partial charge is 0.243 e. The standard InChI is InChI=1S/C18H21N9O/c1-25-10-15(14(5-19)23-25)22-17(28)16-3-2-13-7-21-18(24-27(13)16)26-8-11-4-12(9-26)20-6-11/h2-3,7,10-12,17,20,22,28H,4,6,8-9H2,1H3/t11-,12-,17?/m0/s1. The number of aliphatic hydroxyl groups is 1. The SMILES string of the molecule is Cn1cc(NC(O)c2ccc3cnc(N4C[C@@H]5CN[C@@H](C5)C4)nn23)c(C#N)n1. The minimum Gasteiger partial charge on any atom is -0.368 e. The van der Waals surface area contributed by atoms with Gasteiger partial charge in [0.15, 0.2) is 11.9 Å². The van der Waals surface area contributed by atoms with Crippen LogP contribution in [0.3, 0.4) is 0 Å². The molecular weight excluding hydrogens is 358 g/mol. The van der Waals surface area contributed by atoms with Crippen LogP contribution in [0.2, 0.25) is 0 Å². The van der Waals surface area contributed by atoms with Crippen LogP contribution in [0.1, 0.15) is 24.0 Å². The molecule has 3 aromatic rings. The Morgan fingerprint density at radius 1 is 1.36 bits per heavy atom. The van der Waals surface area contributed by atoms with Crippen molar-refractivity contribution in [1.82, 2.24) is 29.7 Å². The van der Waals surface area contributed by atoms with Crippen molar-refractivity contribution >= 4 is 17.2 Å². The van der Waals surface area contributed by atoms with Crippen molar-refractivity contribution in [2.24, 2.45) is 13.0 Å². The van der Waals surface area contributed by atoms with Crippen LogP contribution in [0.4, 0.5) is 11.6 Å². The molecule has 10 nitrogen and oxygen atoms in total. The van der Waals surface area contributed by atoms with Gasteiger partial charge in [0.25, 0.3) is 0 Å². The largest absolute Gasteiger partial charge is 0.368 e. The first-order valence-electron chi connectivity index (χ1n) is 9.32. The van der Waals surface area contributed by atoms with Crippen molar-refractivity contribution in [1.29, 1.82) is 5.26 Å². The van der Waals surface area contributed by atoms with E-state index in [0.29, 0.717) is 29.3 Å². The fourth-order valence-electron chi connectivity index (χ4n) is 4.16. The molecule has 2 saturated heterocycles. The van der Waals surface area contributed by atoms with Gasteiger partial charge in [-0.3, -0.25) is 4.68 Å². The van der Waals surface area contributed by atoms with E-state index in [1.54, 1.807) is 30.0 Å². The Bertz CT molecular complexity index is 1050. The molecule has 0 aliphatic carbocycles. The number of nitriles is 1. The molecule has 3 atom stereocenters. The quantitative estimate of drug-likeness (QED) is 0.552. The minimum absolute atomic E-state index is 0.231. The lowest BCUT2D eigenvalue weighted by atomic mass is 10.0. The molecule has 0 radical (unpaired) electrons. The molecule has 0 aromatic carbocycles. The van der Waals surface area contributed by atoms with E-state index in [1.165, 1.54) is 11.1 Å². The number of fused-ring (bicyclic) bond motifs is 3. The monoisotopic (exact) mass is 379 g/mol.